The molecule has 67 heavy (non-hydrogen) atoms. The van der Waals surface area contributed by atoms with E-state index in [-0.39, 0.29) is 34.5 Å². The first kappa shape index (κ1) is 51.2. The van der Waals surface area contributed by atoms with Gasteiger partial charge in [0, 0.05) is 79.8 Å². The number of benzene rings is 5. The topological polar surface area (TPSA) is 191 Å². The molecule has 3 radical (unpaired) electrons. The molecule has 3 amide bonds. The second-order valence-corrected chi connectivity index (χ2v) is 13.4. The number of urea groups is 1. The fourth-order valence-electron chi connectivity index (χ4n) is 5.88. The van der Waals surface area contributed by atoms with E-state index in [1.165, 1.54) is 68.7 Å². The second-order valence-electron chi connectivity index (χ2n) is 13.4. The van der Waals surface area contributed by atoms with Crippen LogP contribution in [0.3, 0.4) is 0 Å². The zero-order valence-corrected chi connectivity index (χ0v) is 40.6. The van der Waals surface area contributed by atoms with E-state index in [2.05, 4.69) is 46.2 Å². The molecule has 0 aliphatic carbocycles. The van der Waals surface area contributed by atoms with Crippen LogP contribution in [0.5, 0.6) is 0 Å². The monoisotopic (exact) mass is 1040 g/mol. The number of hydroxylamine groups is 2. The van der Waals surface area contributed by atoms with Crippen LogP contribution < -0.4 is 10.6 Å². The number of nitrogens with zero attached hydrogens (tertiary/aromatic N) is 7. The molecule has 8 aromatic rings. The second kappa shape index (κ2) is 27.0. The smallest absolute Gasteiger partial charge is 0.146 e. The van der Waals surface area contributed by atoms with Crippen molar-refractivity contribution in [3.8, 4) is 0 Å². The van der Waals surface area contributed by atoms with Crippen LogP contribution in [0.4, 0.5) is 29.3 Å². The summed E-state index contributed by atoms with van der Waals surface area (Å²) in [6.07, 6.45) is 12.7. The average Bonchev–Trinajstić information content (AvgIpc) is 3.95. The molecule has 0 bridgehead atoms. The number of carbonyl (C=O) groups excluding carboxylic acids is 4. The first-order valence-corrected chi connectivity index (χ1v) is 21.0. The molecule has 15 nitrogen and oxygen atoms in total. The van der Waals surface area contributed by atoms with Gasteiger partial charge in [-0.2, -0.15) is 0 Å². The molecule has 0 unspecified atom stereocenters. The Morgan fingerprint density at radius 2 is 1.25 bits per heavy atom. The van der Waals surface area contributed by atoms with Gasteiger partial charge in [0.15, 0.2) is 11.6 Å². The van der Waals surface area contributed by atoms with E-state index >= 15 is 0 Å². The number of rotatable bonds is 7. The van der Waals surface area contributed by atoms with Gasteiger partial charge >= 0.3 is 34.5 Å². The standard InChI is InChI=1S/C22H13F3N4O2.C11H11N3O2.C9H6N2O.C4H8O.Al.BH2I.2H/c23-13-2-1-3-14(11-13)28-22(31)29-17-7-5-15(24)19(20(17)25)21(30)12-4-6-16-18(10-12)27-9-8-26-16;1-14(16-2)11(15)8-3-4-9-10(7-8)13-6-5-12-9;12-6-7-1-2-8-9(5-7)11-4-3-10-8;1-2-4-5-3-1;;1-2;;/h1-11H,(H2,28,29,31);3-7H,1-2H3;1-6H;1-4H2;;2H2;;/i;;;;;2D;;. The Labute approximate surface area is 407 Å². The fourth-order valence-corrected chi connectivity index (χ4v) is 5.88. The SMILES string of the molecule is C1CCOC1.CON(C)C(=O)c1ccc2nccnc2c1.O=C(Nc1cccc(F)c1)Nc1ccc(F)c(C(=O)c2ccc3nccnc3c2)c1F.O=Cc1ccc2nccnc2c1.[2H][IH][B].[AlH2]. The molecule has 2 N–H and O–H groups in total. The average molecular weight is 1040 g/mol. The molecule has 341 valence electrons. The van der Waals surface area contributed by atoms with Crippen LogP contribution in [0.2, 0.25) is 0 Å². The number of hydrogen-bond acceptors (Lipinski definition) is 12. The van der Waals surface area contributed by atoms with E-state index < -0.39 is 62.7 Å². The summed E-state index contributed by atoms with van der Waals surface area (Å²) in [5.41, 5.74) is 8.61. The minimum absolute atomic E-state index is 0. The summed E-state index contributed by atoms with van der Waals surface area (Å²) in [5, 5.41) is 5.68. The molecular formula is C46H42AlBF3IN9O6. The number of amides is 3. The Bertz CT molecular complexity index is 2980. The van der Waals surface area contributed by atoms with Gasteiger partial charge in [0.1, 0.15) is 35.3 Å². The van der Waals surface area contributed by atoms with E-state index in [1.54, 1.807) is 68.2 Å². The third-order valence-electron chi connectivity index (χ3n) is 9.11. The third-order valence-corrected chi connectivity index (χ3v) is 9.11. The minimum atomic E-state index is -1.24. The third kappa shape index (κ3) is 15.1. The summed E-state index contributed by atoms with van der Waals surface area (Å²) in [7, 11) is 3.00. The van der Waals surface area contributed by atoms with E-state index in [1.807, 2.05) is 0 Å². The summed E-state index contributed by atoms with van der Waals surface area (Å²) in [6, 6.07) is 20.7. The van der Waals surface area contributed by atoms with Gasteiger partial charge in [-0.3, -0.25) is 49.1 Å². The number of hydrogen-bond donors (Lipinski definition) is 2. The summed E-state index contributed by atoms with van der Waals surface area (Å²) in [5.74, 6) is -4.03. The van der Waals surface area contributed by atoms with E-state index in [0.717, 1.165) is 59.3 Å². The molecule has 1 aliphatic rings. The summed E-state index contributed by atoms with van der Waals surface area (Å²) < 4.78 is 53.6. The fraction of sp³-hybridized carbons (Fsp3) is 0.130. The largest absolute Gasteiger partial charge is 0.146 e. The van der Waals surface area contributed by atoms with Gasteiger partial charge < -0.3 is 15.4 Å². The minimum Gasteiger partial charge on any atom is 0.146 e. The van der Waals surface area contributed by atoms with Crippen molar-refractivity contribution in [3.63, 3.8) is 0 Å². The van der Waals surface area contributed by atoms with Crippen molar-refractivity contribution in [2.75, 3.05) is 38.0 Å². The molecule has 1 aliphatic heterocycles. The molecule has 0 atom stereocenters. The molecule has 21 heteroatoms. The van der Waals surface area contributed by atoms with Gasteiger partial charge in [-0.1, -0.05) is 6.07 Å². The number of carbonyl (C=O) groups is 4. The molecule has 0 saturated carbocycles. The Balaban J connectivity index is 0.000000226. The van der Waals surface area contributed by atoms with E-state index in [9.17, 15) is 32.3 Å². The van der Waals surface area contributed by atoms with E-state index in [0.29, 0.717) is 27.7 Å². The van der Waals surface area contributed by atoms with Gasteiger partial charge in [0.25, 0.3) is 5.91 Å². The van der Waals surface area contributed by atoms with Gasteiger partial charge in [0.2, 0.25) is 0 Å². The summed E-state index contributed by atoms with van der Waals surface area (Å²) >= 11 is -0.780. The number of anilines is 2. The number of fused-ring (bicyclic) bond motifs is 3. The van der Waals surface area contributed by atoms with Crippen molar-refractivity contribution in [1.82, 2.24) is 35.0 Å². The molecule has 4 heterocycles. The zero-order chi connectivity index (χ0) is 48.1. The van der Waals surface area contributed by atoms with Crippen molar-refractivity contribution in [2.45, 2.75) is 12.8 Å². The van der Waals surface area contributed by atoms with Crippen molar-refractivity contribution >= 4 is 114 Å². The maximum Gasteiger partial charge on any atom is 0.146 e. The maximum absolute atomic E-state index is 15.0. The van der Waals surface area contributed by atoms with Gasteiger partial charge in [-0.25, -0.2) is 23.0 Å². The van der Waals surface area contributed by atoms with Crippen LogP contribution in [-0.4, -0.2) is 110 Å². The van der Waals surface area contributed by atoms with Crippen LogP contribution in [0.25, 0.3) is 33.1 Å². The van der Waals surface area contributed by atoms with Crippen LogP contribution in [0.15, 0.2) is 128 Å². The van der Waals surface area contributed by atoms with Crippen LogP contribution in [-0.2, 0) is 9.57 Å². The molecule has 1 fully saturated rings. The van der Waals surface area contributed by atoms with Gasteiger partial charge in [0.05, 0.1) is 51.5 Å². The van der Waals surface area contributed by atoms with Crippen molar-refractivity contribution in [2.24, 2.45) is 0 Å². The number of nitrogens with one attached hydrogen (secondary N) is 2. The number of aromatic nitrogens is 6. The normalized spacial score (nSPS) is 11.3. The van der Waals surface area contributed by atoms with Crippen LogP contribution >= 0.6 is 22.2 Å². The Morgan fingerprint density at radius 3 is 1.78 bits per heavy atom. The van der Waals surface area contributed by atoms with E-state index in [4.69, 9.17) is 10.2 Å². The summed E-state index contributed by atoms with van der Waals surface area (Å²) in [6.45, 7) is 2.00. The number of halogens is 4. The predicted molar refractivity (Wildman–Crippen MR) is 263 cm³/mol. The molecule has 9 rings (SSSR count). The molecule has 5 aromatic carbocycles. The number of aldehydes is 1. The molecule has 3 aromatic heterocycles. The quantitative estimate of drug-likeness (QED) is 0.0527. The first-order chi connectivity index (χ1) is 32.5. The summed E-state index contributed by atoms with van der Waals surface area (Å²) in [4.78, 5) is 76.5. The first-order valence-electron chi connectivity index (χ1n) is 20.0. The molecule has 0 spiro atoms. The Kier molecular flexibility index (Phi) is 20.7. The zero-order valence-electron chi connectivity index (χ0n) is 37.2. The predicted octanol–water partition coefficient (Wildman–Crippen LogP) is 7.48. The van der Waals surface area contributed by atoms with Crippen molar-refractivity contribution < 1.29 is 41.9 Å². The van der Waals surface area contributed by atoms with Gasteiger partial charge in [-0.15, -0.1) is 0 Å². The van der Waals surface area contributed by atoms with Crippen molar-refractivity contribution in [3.05, 3.63) is 168 Å². The maximum atomic E-state index is 15.0. The Morgan fingerprint density at radius 1 is 0.731 bits per heavy atom. The molecular weight excluding hydrogens is 996 g/mol. The molecule has 1 saturated heterocycles. The number of ether oxygens (including phenoxy) is 1. The van der Waals surface area contributed by atoms with Crippen LogP contribution in [0, 0.1) is 17.5 Å². The number of ketones is 1. The van der Waals surface area contributed by atoms with Crippen molar-refractivity contribution in [1.29, 1.82) is 0.594 Å². The van der Waals surface area contributed by atoms with Crippen LogP contribution in [0.1, 0.15) is 49.5 Å². The van der Waals surface area contributed by atoms with Gasteiger partial charge in [-0.05, 0) is 97.8 Å². The Hall–Kier alpha value is -6.76.